The summed E-state index contributed by atoms with van der Waals surface area (Å²) in [5.41, 5.74) is 7.32. The number of thioether (sulfide) groups is 1. The van der Waals surface area contributed by atoms with Crippen molar-refractivity contribution in [3.8, 4) is 5.75 Å². The van der Waals surface area contributed by atoms with E-state index >= 15 is 0 Å². The van der Waals surface area contributed by atoms with Crippen molar-refractivity contribution < 1.29 is 9.84 Å². The lowest BCUT2D eigenvalue weighted by atomic mass is 10.3. The molecular formula is C14H19N3O2S. The molecule has 0 fully saturated rings. The largest absolute Gasteiger partial charge is 0.489 e. The molecule has 2 rings (SSSR count). The van der Waals surface area contributed by atoms with Crippen LogP contribution in [0.25, 0.3) is 0 Å². The average molecular weight is 293 g/mol. The number of aliphatic hydroxyl groups excluding tert-OH is 1. The summed E-state index contributed by atoms with van der Waals surface area (Å²) in [7, 11) is 1.89. The first-order chi connectivity index (χ1) is 9.56. The molecule has 0 spiro atoms. The highest BCUT2D eigenvalue weighted by molar-refractivity contribution is 7.99. The Morgan fingerprint density at radius 1 is 1.45 bits per heavy atom. The number of hydrogen-bond donors (Lipinski definition) is 2. The number of ether oxygens (including phenoxy) is 1. The normalized spacial score (nSPS) is 12.3. The van der Waals surface area contributed by atoms with E-state index in [1.165, 1.54) is 0 Å². The van der Waals surface area contributed by atoms with Gasteiger partial charge in [-0.05, 0) is 25.1 Å². The van der Waals surface area contributed by atoms with Gasteiger partial charge in [0.05, 0.1) is 22.5 Å². The molecule has 1 aromatic heterocycles. The fourth-order valence-corrected chi connectivity index (χ4v) is 2.69. The monoisotopic (exact) mass is 293 g/mol. The van der Waals surface area contributed by atoms with Crippen LogP contribution < -0.4 is 10.5 Å². The molecule has 0 amide bonds. The fraction of sp³-hybridized carbons (Fsp3) is 0.357. The van der Waals surface area contributed by atoms with Crippen molar-refractivity contribution in [2.24, 2.45) is 7.05 Å². The maximum Gasteiger partial charge on any atom is 0.142 e. The average Bonchev–Trinajstić information content (AvgIpc) is 2.74. The maximum atomic E-state index is 9.94. The lowest BCUT2D eigenvalue weighted by Crippen LogP contribution is -2.20. The zero-order valence-corrected chi connectivity index (χ0v) is 12.4. The van der Waals surface area contributed by atoms with E-state index in [0.717, 1.165) is 10.7 Å². The lowest BCUT2D eigenvalue weighted by Gasteiger charge is -2.13. The number of anilines is 1. The topological polar surface area (TPSA) is 73.3 Å². The Morgan fingerprint density at radius 2 is 2.20 bits per heavy atom. The second-order valence-corrected chi connectivity index (χ2v) is 5.60. The van der Waals surface area contributed by atoms with Gasteiger partial charge in [0.1, 0.15) is 12.4 Å². The lowest BCUT2D eigenvalue weighted by molar-refractivity contribution is 0.127. The van der Waals surface area contributed by atoms with Crippen molar-refractivity contribution in [2.45, 2.75) is 18.1 Å². The van der Waals surface area contributed by atoms with Gasteiger partial charge in [0, 0.05) is 12.8 Å². The number of para-hydroxylation sites is 2. The number of aromatic nitrogens is 2. The highest BCUT2D eigenvalue weighted by Gasteiger charge is 2.10. The minimum Gasteiger partial charge on any atom is -0.489 e. The van der Waals surface area contributed by atoms with Gasteiger partial charge in [0.15, 0.2) is 0 Å². The zero-order valence-electron chi connectivity index (χ0n) is 11.6. The van der Waals surface area contributed by atoms with Gasteiger partial charge in [-0.15, -0.1) is 11.8 Å². The first kappa shape index (κ1) is 14.7. The van der Waals surface area contributed by atoms with Crippen LogP contribution in [-0.4, -0.2) is 33.4 Å². The van der Waals surface area contributed by atoms with Gasteiger partial charge in [0.25, 0.3) is 0 Å². The standard InChI is InChI=1S/C14H19N3O2S/c1-10-7-14(17(2)16-10)20-9-11(18)8-19-13-6-4-3-5-12(13)15/h3-7,11,18H,8-9,15H2,1-2H3. The smallest absolute Gasteiger partial charge is 0.142 e. The number of nitrogens with zero attached hydrogens (tertiary/aromatic N) is 2. The predicted octanol–water partition coefficient (Wildman–Crippen LogP) is 1.84. The molecule has 0 radical (unpaired) electrons. The van der Waals surface area contributed by atoms with E-state index in [4.69, 9.17) is 10.5 Å². The summed E-state index contributed by atoms with van der Waals surface area (Å²) in [6.07, 6.45) is -0.560. The molecule has 1 atom stereocenters. The van der Waals surface area contributed by atoms with Crippen LogP contribution >= 0.6 is 11.8 Å². The number of hydrogen-bond acceptors (Lipinski definition) is 5. The van der Waals surface area contributed by atoms with Gasteiger partial charge < -0.3 is 15.6 Å². The van der Waals surface area contributed by atoms with E-state index in [-0.39, 0.29) is 6.61 Å². The van der Waals surface area contributed by atoms with Gasteiger partial charge in [-0.3, -0.25) is 4.68 Å². The second-order valence-electron chi connectivity index (χ2n) is 4.56. The molecule has 0 aliphatic heterocycles. The van der Waals surface area contributed by atoms with Gasteiger partial charge >= 0.3 is 0 Å². The molecule has 0 bridgehead atoms. The minimum atomic E-state index is -0.560. The van der Waals surface area contributed by atoms with E-state index in [9.17, 15) is 5.11 Å². The third kappa shape index (κ3) is 3.91. The maximum absolute atomic E-state index is 9.94. The molecule has 0 aliphatic rings. The summed E-state index contributed by atoms with van der Waals surface area (Å²) in [5, 5.41) is 15.2. The molecule has 1 unspecified atom stereocenters. The van der Waals surface area contributed by atoms with Crippen LogP contribution in [0.2, 0.25) is 0 Å². The minimum absolute atomic E-state index is 0.220. The molecule has 0 aliphatic carbocycles. The number of nitrogens with two attached hydrogens (primary N) is 1. The van der Waals surface area contributed by atoms with E-state index < -0.39 is 6.10 Å². The van der Waals surface area contributed by atoms with Crippen LogP contribution in [0.1, 0.15) is 5.69 Å². The third-order valence-electron chi connectivity index (χ3n) is 2.73. The van der Waals surface area contributed by atoms with Gasteiger partial charge in [-0.1, -0.05) is 12.1 Å². The summed E-state index contributed by atoms with van der Waals surface area (Å²) in [6, 6.07) is 9.26. The van der Waals surface area contributed by atoms with Crippen molar-refractivity contribution in [3.63, 3.8) is 0 Å². The quantitative estimate of drug-likeness (QED) is 0.628. The van der Waals surface area contributed by atoms with Gasteiger partial charge in [-0.2, -0.15) is 5.10 Å². The number of aryl methyl sites for hydroxylation is 2. The molecule has 20 heavy (non-hydrogen) atoms. The molecule has 1 aromatic carbocycles. The van der Waals surface area contributed by atoms with E-state index in [1.54, 1.807) is 23.9 Å². The summed E-state index contributed by atoms with van der Waals surface area (Å²) >= 11 is 1.55. The van der Waals surface area contributed by atoms with Gasteiger partial charge in [-0.25, -0.2) is 0 Å². The van der Waals surface area contributed by atoms with Crippen molar-refractivity contribution in [1.82, 2.24) is 9.78 Å². The van der Waals surface area contributed by atoms with Crippen molar-refractivity contribution >= 4 is 17.4 Å². The van der Waals surface area contributed by atoms with Crippen molar-refractivity contribution in [3.05, 3.63) is 36.0 Å². The Bertz CT molecular complexity index is 571. The summed E-state index contributed by atoms with van der Waals surface area (Å²) in [5.74, 6) is 1.15. The first-order valence-electron chi connectivity index (χ1n) is 6.35. The first-order valence-corrected chi connectivity index (χ1v) is 7.33. The Hall–Kier alpha value is -1.66. The van der Waals surface area contributed by atoms with E-state index in [2.05, 4.69) is 5.10 Å². The summed E-state index contributed by atoms with van der Waals surface area (Å²) in [6.45, 7) is 2.17. The predicted molar refractivity (Wildman–Crippen MR) is 81.0 cm³/mol. The highest BCUT2D eigenvalue weighted by atomic mass is 32.2. The van der Waals surface area contributed by atoms with E-state index in [1.807, 2.05) is 36.9 Å². The molecule has 5 nitrogen and oxygen atoms in total. The number of rotatable bonds is 6. The van der Waals surface area contributed by atoms with Crippen LogP contribution in [0.15, 0.2) is 35.4 Å². The highest BCUT2D eigenvalue weighted by Crippen LogP contribution is 2.22. The number of nitrogen functional groups attached to an aromatic ring is 1. The number of benzene rings is 1. The molecular weight excluding hydrogens is 274 g/mol. The van der Waals surface area contributed by atoms with Crippen LogP contribution in [0.4, 0.5) is 5.69 Å². The zero-order chi connectivity index (χ0) is 14.5. The Balaban J connectivity index is 1.80. The van der Waals surface area contributed by atoms with E-state index in [0.29, 0.717) is 17.2 Å². The van der Waals surface area contributed by atoms with Crippen LogP contribution in [0, 0.1) is 6.92 Å². The van der Waals surface area contributed by atoms with Gasteiger partial charge in [0.2, 0.25) is 0 Å². The Kier molecular flexibility index (Phi) is 4.92. The Morgan fingerprint density at radius 3 is 2.85 bits per heavy atom. The van der Waals surface area contributed by atoms with Crippen LogP contribution in [0.5, 0.6) is 5.75 Å². The van der Waals surface area contributed by atoms with Crippen molar-refractivity contribution in [2.75, 3.05) is 18.1 Å². The summed E-state index contributed by atoms with van der Waals surface area (Å²) < 4.78 is 7.32. The molecule has 2 aromatic rings. The van der Waals surface area contributed by atoms with Crippen molar-refractivity contribution in [1.29, 1.82) is 0 Å². The summed E-state index contributed by atoms with van der Waals surface area (Å²) in [4.78, 5) is 0. The molecule has 108 valence electrons. The molecule has 0 saturated carbocycles. The second kappa shape index (κ2) is 6.67. The molecule has 3 N–H and O–H groups in total. The van der Waals surface area contributed by atoms with Crippen LogP contribution in [0.3, 0.4) is 0 Å². The number of aliphatic hydroxyl groups is 1. The molecule has 6 heteroatoms. The molecule has 1 heterocycles. The molecule has 0 saturated heterocycles. The fourth-order valence-electron chi connectivity index (χ4n) is 1.75. The SMILES string of the molecule is Cc1cc(SCC(O)COc2ccccc2N)n(C)n1. The Labute approximate surface area is 122 Å². The third-order valence-corrected chi connectivity index (χ3v) is 3.96. The van der Waals surface area contributed by atoms with Crippen LogP contribution in [-0.2, 0) is 7.05 Å².